The van der Waals surface area contributed by atoms with Gasteiger partial charge in [0.1, 0.15) is 6.04 Å². The van der Waals surface area contributed by atoms with Gasteiger partial charge in [-0.05, 0) is 48.4 Å². The van der Waals surface area contributed by atoms with Crippen molar-refractivity contribution in [2.45, 2.75) is 71.5 Å². The number of allylic oxidation sites excluding steroid dienone is 1. The molecule has 1 N–H and O–H groups in total. The van der Waals surface area contributed by atoms with Crippen molar-refractivity contribution in [3.8, 4) is 5.88 Å². The maximum atomic E-state index is 14.0. The first-order chi connectivity index (χ1) is 19.3. The third-order valence-electron chi connectivity index (χ3n) is 7.62. The number of rotatable bonds is 7. The fourth-order valence-electron chi connectivity index (χ4n) is 5.77. The number of aromatic nitrogens is 1. The van der Waals surface area contributed by atoms with E-state index in [2.05, 4.69) is 4.98 Å². The number of carboxylic acids is 1. The van der Waals surface area contributed by atoms with Crippen molar-refractivity contribution in [3.63, 3.8) is 0 Å². The number of carbonyl (C=O) groups is 2. The van der Waals surface area contributed by atoms with Crippen molar-refractivity contribution in [1.29, 1.82) is 0 Å². The van der Waals surface area contributed by atoms with Crippen LogP contribution in [0.4, 0.5) is 13.2 Å². The zero-order valence-electron chi connectivity index (χ0n) is 23.7. The van der Waals surface area contributed by atoms with Crippen molar-refractivity contribution in [3.05, 3.63) is 70.6 Å². The SMILES string of the molecule is COc1ncc(C(F)(F)F)cc1CO[C@H]1[C@H](C(C)(C)C)[C@@H](C(=O)O)N(C(=O)C2=CCCCO2)[C@H]1c1ccccc1C. The van der Waals surface area contributed by atoms with Gasteiger partial charge in [-0.2, -0.15) is 13.2 Å². The molecule has 0 saturated carbocycles. The Kier molecular flexibility index (Phi) is 8.67. The lowest BCUT2D eigenvalue weighted by atomic mass is 9.73. The van der Waals surface area contributed by atoms with E-state index in [1.165, 1.54) is 12.0 Å². The van der Waals surface area contributed by atoms with E-state index in [0.29, 0.717) is 24.8 Å². The van der Waals surface area contributed by atoms with Gasteiger partial charge in [0.25, 0.3) is 5.91 Å². The second-order valence-electron chi connectivity index (χ2n) is 11.4. The van der Waals surface area contributed by atoms with Gasteiger partial charge in [-0.25, -0.2) is 9.78 Å². The summed E-state index contributed by atoms with van der Waals surface area (Å²) in [5.74, 6) is -2.48. The summed E-state index contributed by atoms with van der Waals surface area (Å²) in [6, 6.07) is 6.02. The van der Waals surface area contributed by atoms with Crippen LogP contribution in [-0.4, -0.2) is 52.7 Å². The van der Waals surface area contributed by atoms with Gasteiger partial charge in [0.05, 0.1) is 38.0 Å². The van der Waals surface area contributed by atoms with E-state index in [-0.39, 0.29) is 23.8 Å². The van der Waals surface area contributed by atoms with Crippen LogP contribution in [0.5, 0.6) is 5.88 Å². The van der Waals surface area contributed by atoms with E-state index in [1.54, 1.807) is 12.1 Å². The average Bonchev–Trinajstić information content (AvgIpc) is 3.27. The lowest BCUT2D eigenvalue weighted by Gasteiger charge is -2.35. The molecule has 2 aromatic rings. The third kappa shape index (κ3) is 6.19. The highest BCUT2D eigenvalue weighted by molar-refractivity contribution is 5.95. The van der Waals surface area contributed by atoms with Gasteiger partial charge >= 0.3 is 12.1 Å². The summed E-state index contributed by atoms with van der Waals surface area (Å²) in [5.41, 5.74) is -0.128. The van der Waals surface area contributed by atoms with E-state index in [9.17, 15) is 27.9 Å². The molecule has 41 heavy (non-hydrogen) atoms. The van der Waals surface area contributed by atoms with Gasteiger partial charge in [-0.1, -0.05) is 45.0 Å². The lowest BCUT2D eigenvalue weighted by Crippen LogP contribution is -2.48. The summed E-state index contributed by atoms with van der Waals surface area (Å²) < 4.78 is 57.8. The van der Waals surface area contributed by atoms with Crippen LogP contribution in [-0.2, 0) is 31.8 Å². The highest BCUT2D eigenvalue weighted by atomic mass is 19.4. The van der Waals surface area contributed by atoms with Crippen molar-refractivity contribution in [1.82, 2.24) is 9.88 Å². The molecule has 0 spiro atoms. The molecule has 2 aliphatic heterocycles. The lowest BCUT2D eigenvalue weighted by molar-refractivity contribution is -0.152. The van der Waals surface area contributed by atoms with Crippen LogP contribution in [0.15, 0.2) is 48.4 Å². The molecule has 8 nitrogen and oxygen atoms in total. The summed E-state index contributed by atoms with van der Waals surface area (Å²) in [6.45, 7) is 7.41. The molecule has 1 fully saturated rings. The average molecular weight is 577 g/mol. The molecule has 2 aliphatic rings. The first kappa shape index (κ1) is 30.4. The zero-order chi connectivity index (χ0) is 30.1. The predicted octanol–water partition coefficient (Wildman–Crippen LogP) is 5.70. The molecule has 0 bridgehead atoms. The van der Waals surface area contributed by atoms with Crippen molar-refractivity contribution in [2.75, 3.05) is 13.7 Å². The van der Waals surface area contributed by atoms with Crippen LogP contribution in [0.1, 0.15) is 61.9 Å². The second-order valence-corrected chi connectivity index (χ2v) is 11.4. The maximum absolute atomic E-state index is 14.0. The Morgan fingerprint density at radius 3 is 2.46 bits per heavy atom. The fourth-order valence-corrected chi connectivity index (χ4v) is 5.77. The number of carbonyl (C=O) groups excluding carboxylic acids is 1. The summed E-state index contributed by atoms with van der Waals surface area (Å²) in [6.07, 6.45) is -1.84. The quantitative estimate of drug-likeness (QED) is 0.452. The number of alkyl halides is 3. The zero-order valence-corrected chi connectivity index (χ0v) is 23.7. The molecule has 3 heterocycles. The number of hydrogen-bond acceptors (Lipinski definition) is 6. The first-order valence-corrected chi connectivity index (χ1v) is 13.4. The predicted molar refractivity (Wildman–Crippen MR) is 143 cm³/mol. The van der Waals surface area contributed by atoms with Gasteiger partial charge in [0.15, 0.2) is 5.76 Å². The topological polar surface area (TPSA) is 98.2 Å². The summed E-state index contributed by atoms with van der Waals surface area (Å²) in [7, 11) is 1.29. The molecule has 0 radical (unpaired) electrons. The van der Waals surface area contributed by atoms with Gasteiger partial charge in [-0.15, -0.1) is 0 Å². The van der Waals surface area contributed by atoms with Crippen LogP contribution in [0, 0.1) is 18.3 Å². The van der Waals surface area contributed by atoms with Gasteiger partial charge in [0, 0.05) is 17.7 Å². The number of halogens is 3. The Labute approximate surface area is 237 Å². The number of hydrogen-bond donors (Lipinski definition) is 1. The van der Waals surface area contributed by atoms with Crippen molar-refractivity contribution in [2.24, 2.45) is 11.3 Å². The summed E-state index contributed by atoms with van der Waals surface area (Å²) >= 11 is 0. The molecule has 1 amide bonds. The molecule has 4 atom stereocenters. The van der Waals surface area contributed by atoms with E-state index in [1.807, 2.05) is 45.9 Å². The minimum absolute atomic E-state index is 0.0424. The van der Waals surface area contributed by atoms with Crippen LogP contribution in [0.25, 0.3) is 0 Å². The van der Waals surface area contributed by atoms with Crippen LogP contribution in [0.2, 0.25) is 0 Å². The Morgan fingerprint density at radius 1 is 1.20 bits per heavy atom. The van der Waals surface area contributed by atoms with Crippen LogP contribution >= 0.6 is 0 Å². The van der Waals surface area contributed by atoms with E-state index < -0.39 is 53.1 Å². The van der Waals surface area contributed by atoms with Gasteiger partial charge in [0.2, 0.25) is 5.88 Å². The van der Waals surface area contributed by atoms with Gasteiger partial charge in [-0.3, -0.25) is 4.79 Å². The van der Waals surface area contributed by atoms with Crippen LogP contribution in [0.3, 0.4) is 0 Å². The van der Waals surface area contributed by atoms with E-state index in [4.69, 9.17) is 14.2 Å². The molecular weight excluding hydrogens is 541 g/mol. The van der Waals surface area contributed by atoms with E-state index >= 15 is 0 Å². The Balaban J connectivity index is 1.86. The number of amides is 1. The number of benzene rings is 1. The number of carboxylic acid groups (broad SMARTS) is 1. The molecule has 222 valence electrons. The monoisotopic (exact) mass is 576 g/mol. The summed E-state index contributed by atoms with van der Waals surface area (Å²) in [4.78, 5) is 32.1. The van der Waals surface area contributed by atoms with Crippen LogP contribution < -0.4 is 4.74 Å². The normalized spacial score (nSPS) is 23.1. The number of aliphatic carboxylic acids is 1. The van der Waals surface area contributed by atoms with Crippen molar-refractivity contribution >= 4 is 11.9 Å². The molecule has 11 heteroatoms. The van der Waals surface area contributed by atoms with Gasteiger partial charge < -0.3 is 24.2 Å². The molecule has 0 aliphatic carbocycles. The maximum Gasteiger partial charge on any atom is 0.417 e. The first-order valence-electron chi connectivity index (χ1n) is 13.4. The largest absolute Gasteiger partial charge is 0.488 e. The molecule has 0 unspecified atom stereocenters. The number of pyridine rings is 1. The Hall–Kier alpha value is -3.60. The Bertz CT molecular complexity index is 1320. The number of ether oxygens (including phenoxy) is 3. The summed E-state index contributed by atoms with van der Waals surface area (Å²) in [5, 5.41) is 10.5. The highest BCUT2D eigenvalue weighted by Crippen LogP contribution is 2.51. The molecule has 1 aromatic heterocycles. The number of likely N-dealkylation sites (tertiary alicyclic amines) is 1. The number of methoxy groups -OCH3 is 1. The second kappa shape index (κ2) is 11.7. The minimum Gasteiger partial charge on any atom is -0.488 e. The standard InChI is InChI=1S/C30H35F3N2O6/c1-17-10-6-7-11-20(17)23-25(41-16-18-14-19(30(31,32)33)15-34-26(18)39-5)22(29(2,3)4)24(28(37)38)35(23)27(36)21-12-8-9-13-40-21/h6-7,10-12,14-15,22-25H,8-9,13,16H2,1-5H3,(H,37,38)/t22-,23+,24+,25+/m1/s1. The Morgan fingerprint density at radius 2 is 1.90 bits per heavy atom. The molecular formula is C30H35F3N2O6. The minimum atomic E-state index is -4.63. The molecule has 4 rings (SSSR count). The fraction of sp³-hybridized carbons (Fsp3) is 0.500. The van der Waals surface area contributed by atoms with Crippen molar-refractivity contribution < 1.29 is 42.1 Å². The third-order valence-corrected chi connectivity index (χ3v) is 7.62. The number of nitrogens with zero attached hydrogens (tertiary/aromatic N) is 2. The molecule has 1 saturated heterocycles. The highest BCUT2D eigenvalue weighted by Gasteiger charge is 2.59. The smallest absolute Gasteiger partial charge is 0.417 e. The van der Waals surface area contributed by atoms with E-state index in [0.717, 1.165) is 18.1 Å². The molecule has 1 aromatic carbocycles. The number of aryl methyl sites for hydroxylation is 1.